The third-order valence-electron chi connectivity index (χ3n) is 0.961. The highest BCUT2D eigenvalue weighted by Crippen LogP contribution is 2.07. The number of aromatic nitrogens is 2. The number of nitrogens with zero attached hydrogens (tertiary/aromatic N) is 2. The van der Waals surface area contributed by atoms with E-state index in [4.69, 9.17) is 0 Å². The number of carboxylic acids is 1. The maximum atomic E-state index is 10.9. The van der Waals surface area contributed by atoms with Crippen LogP contribution in [-0.2, 0) is 9.59 Å². The number of carboxylic acid groups (broad SMARTS) is 1. The molecule has 0 saturated carbocycles. The largest absolute Gasteiger partial charge is 0.545 e. The van der Waals surface area contributed by atoms with Crippen molar-refractivity contribution >= 4 is 28.3 Å². The molecule has 1 heterocycles. The quantitative estimate of drug-likeness (QED) is 0.614. The van der Waals surface area contributed by atoms with Crippen molar-refractivity contribution in [1.82, 2.24) is 10.2 Å². The van der Waals surface area contributed by atoms with Gasteiger partial charge in [0.05, 0.1) is 5.97 Å². The molecule has 0 fully saturated rings. The summed E-state index contributed by atoms with van der Waals surface area (Å²) < 4.78 is 0. The summed E-state index contributed by atoms with van der Waals surface area (Å²) in [5.74, 6) is -2.01. The fourth-order valence-electron chi connectivity index (χ4n) is 0.518. The predicted octanol–water partition coefficient (Wildman–Crippen LogP) is -1.22. The molecular formula is C6H4N3O3S-. The molecule has 7 heteroatoms. The van der Waals surface area contributed by atoms with E-state index in [-0.39, 0.29) is 0 Å². The lowest BCUT2D eigenvalue weighted by Crippen LogP contribution is -2.20. The molecule has 0 saturated heterocycles. The SMILES string of the molecule is O=C([O-])C=CC(=O)Nc1nncs1. The number of hydrogen-bond donors (Lipinski definition) is 1. The lowest BCUT2D eigenvalue weighted by molar-refractivity contribution is -0.297. The summed E-state index contributed by atoms with van der Waals surface area (Å²) in [7, 11) is 0. The molecule has 1 rings (SSSR count). The fraction of sp³-hybridized carbons (Fsp3) is 0. The van der Waals surface area contributed by atoms with E-state index in [0.29, 0.717) is 11.2 Å². The zero-order chi connectivity index (χ0) is 9.68. The second-order valence-corrected chi connectivity index (χ2v) is 2.72. The van der Waals surface area contributed by atoms with Gasteiger partial charge in [-0.05, 0) is 6.08 Å². The Labute approximate surface area is 76.9 Å². The second-order valence-electron chi connectivity index (χ2n) is 1.89. The minimum atomic E-state index is -1.42. The molecular weight excluding hydrogens is 194 g/mol. The molecule has 0 aromatic carbocycles. The van der Waals surface area contributed by atoms with Gasteiger partial charge in [0.15, 0.2) is 0 Å². The Kier molecular flexibility index (Phi) is 3.09. The second kappa shape index (κ2) is 4.31. The van der Waals surface area contributed by atoms with E-state index in [1.807, 2.05) is 0 Å². The smallest absolute Gasteiger partial charge is 0.250 e. The van der Waals surface area contributed by atoms with Crippen LogP contribution in [-0.4, -0.2) is 22.1 Å². The molecule has 0 aliphatic heterocycles. The van der Waals surface area contributed by atoms with Crippen molar-refractivity contribution in [3.63, 3.8) is 0 Å². The van der Waals surface area contributed by atoms with Crippen LogP contribution in [0.5, 0.6) is 0 Å². The molecule has 0 bridgehead atoms. The zero-order valence-electron chi connectivity index (χ0n) is 6.26. The first kappa shape index (κ1) is 9.33. The highest BCUT2D eigenvalue weighted by atomic mass is 32.1. The van der Waals surface area contributed by atoms with Gasteiger partial charge >= 0.3 is 0 Å². The average Bonchev–Trinajstić information content (AvgIpc) is 2.53. The first-order valence-corrected chi connectivity index (χ1v) is 4.02. The molecule has 68 valence electrons. The normalized spacial score (nSPS) is 10.2. The average molecular weight is 198 g/mol. The van der Waals surface area contributed by atoms with Crippen molar-refractivity contribution in [3.8, 4) is 0 Å². The summed E-state index contributed by atoms with van der Waals surface area (Å²) >= 11 is 1.13. The number of amides is 1. The lowest BCUT2D eigenvalue weighted by atomic mass is 10.5. The van der Waals surface area contributed by atoms with E-state index in [9.17, 15) is 14.7 Å². The zero-order valence-corrected chi connectivity index (χ0v) is 7.08. The van der Waals surface area contributed by atoms with Crippen LogP contribution >= 0.6 is 11.3 Å². The van der Waals surface area contributed by atoms with Gasteiger partial charge in [-0.15, -0.1) is 10.2 Å². The Bertz CT molecular complexity index is 333. The first-order chi connectivity index (χ1) is 6.18. The lowest BCUT2D eigenvalue weighted by Gasteiger charge is -1.94. The van der Waals surface area contributed by atoms with Gasteiger partial charge in [0.1, 0.15) is 5.51 Å². The maximum Gasteiger partial charge on any atom is 0.250 e. The summed E-state index contributed by atoms with van der Waals surface area (Å²) in [5.41, 5.74) is 1.44. The third-order valence-corrected chi connectivity index (χ3v) is 1.57. The molecule has 1 aromatic heterocycles. The number of hydrogen-bond acceptors (Lipinski definition) is 6. The molecule has 1 aromatic rings. The van der Waals surface area contributed by atoms with Crippen LogP contribution in [0.2, 0.25) is 0 Å². The van der Waals surface area contributed by atoms with Crippen LogP contribution < -0.4 is 10.4 Å². The molecule has 0 aliphatic carbocycles. The molecule has 0 atom stereocenters. The third kappa shape index (κ3) is 3.43. The summed E-state index contributed by atoms with van der Waals surface area (Å²) in [5, 5.41) is 19.5. The Hall–Kier alpha value is -1.76. The van der Waals surface area contributed by atoms with Crippen LogP contribution in [0.1, 0.15) is 0 Å². The van der Waals surface area contributed by atoms with E-state index < -0.39 is 11.9 Å². The standard InChI is InChI=1S/C6H5N3O3S/c10-4(1-2-5(11)12)8-6-9-7-3-13-6/h1-3H,(H,11,12)(H,8,9,10)/p-1. The maximum absolute atomic E-state index is 10.9. The summed E-state index contributed by atoms with van der Waals surface area (Å²) in [6.07, 6.45) is 1.48. The van der Waals surface area contributed by atoms with E-state index in [2.05, 4.69) is 15.5 Å². The van der Waals surface area contributed by atoms with Crippen LogP contribution in [0.4, 0.5) is 5.13 Å². The van der Waals surface area contributed by atoms with Crippen LogP contribution in [0.3, 0.4) is 0 Å². The van der Waals surface area contributed by atoms with Crippen molar-refractivity contribution in [2.24, 2.45) is 0 Å². The number of aliphatic carboxylic acids is 1. The van der Waals surface area contributed by atoms with Crippen LogP contribution in [0, 0.1) is 0 Å². The minimum Gasteiger partial charge on any atom is -0.545 e. The number of rotatable bonds is 3. The van der Waals surface area contributed by atoms with Crippen molar-refractivity contribution in [2.45, 2.75) is 0 Å². The van der Waals surface area contributed by atoms with Gasteiger partial charge in [0, 0.05) is 6.08 Å². The van der Waals surface area contributed by atoms with Gasteiger partial charge in [-0.2, -0.15) is 0 Å². The van der Waals surface area contributed by atoms with E-state index in [1.165, 1.54) is 5.51 Å². The monoisotopic (exact) mass is 198 g/mol. The number of nitrogens with one attached hydrogen (secondary N) is 1. The highest BCUT2D eigenvalue weighted by Gasteiger charge is 1.99. The van der Waals surface area contributed by atoms with E-state index in [1.54, 1.807) is 0 Å². The van der Waals surface area contributed by atoms with Gasteiger partial charge in [0.25, 0.3) is 0 Å². The van der Waals surface area contributed by atoms with Crippen LogP contribution in [0.15, 0.2) is 17.7 Å². The Balaban J connectivity index is 2.47. The van der Waals surface area contributed by atoms with Gasteiger partial charge in [-0.3, -0.25) is 10.1 Å². The number of carbonyl (C=O) groups is 2. The van der Waals surface area contributed by atoms with E-state index in [0.717, 1.165) is 17.4 Å². The molecule has 0 radical (unpaired) electrons. The fourth-order valence-corrected chi connectivity index (χ4v) is 0.966. The van der Waals surface area contributed by atoms with Crippen molar-refractivity contribution < 1.29 is 14.7 Å². The molecule has 6 nitrogen and oxygen atoms in total. The summed E-state index contributed by atoms with van der Waals surface area (Å²) in [6.45, 7) is 0. The Morgan fingerprint density at radius 1 is 1.54 bits per heavy atom. The minimum absolute atomic E-state index is 0.313. The molecule has 0 unspecified atom stereocenters. The first-order valence-electron chi connectivity index (χ1n) is 3.14. The topological polar surface area (TPSA) is 95.0 Å². The molecule has 1 amide bonds. The summed E-state index contributed by atoms with van der Waals surface area (Å²) in [4.78, 5) is 20.8. The van der Waals surface area contributed by atoms with Crippen molar-refractivity contribution in [1.29, 1.82) is 0 Å². The molecule has 0 aliphatic rings. The van der Waals surface area contributed by atoms with Crippen LogP contribution in [0.25, 0.3) is 0 Å². The summed E-state index contributed by atoms with van der Waals surface area (Å²) in [6, 6.07) is 0. The number of anilines is 1. The Morgan fingerprint density at radius 2 is 2.31 bits per heavy atom. The molecule has 0 spiro atoms. The van der Waals surface area contributed by atoms with Gasteiger partial charge in [-0.1, -0.05) is 11.3 Å². The van der Waals surface area contributed by atoms with Crippen molar-refractivity contribution in [3.05, 3.63) is 17.7 Å². The molecule has 13 heavy (non-hydrogen) atoms. The predicted molar refractivity (Wildman–Crippen MR) is 42.7 cm³/mol. The van der Waals surface area contributed by atoms with Gasteiger partial charge in [0.2, 0.25) is 11.0 Å². The van der Waals surface area contributed by atoms with Gasteiger partial charge < -0.3 is 9.90 Å². The van der Waals surface area contributed by atoms with Gasteiger partial charge in [-0.25, -0.2) is 0 Å². The number of carbonyl (C=O) groups excluding carboxylic acids is 2. The Morgan fingerprint density at radius 3 is 2.85 bits per heavy atom. The van der Waals surface area contributed by atoms with E-state index >= 15 is 0 Å². The highest BCUT2D eigenvalue weighted by molar-refractivity contribution is 7.13. The van der Waals surface area contributed by atoms with Crippen molar-refractivity contribution in [2.75, 3.05) is 5.32 Å². The molecule has 1 N–H and O–H groups in total.